The maximum Gasteiger partial charge on any atom is 0.273 e. The van der Waals surface area contributed by atoms with Gasteiger partial charge in [-0.25, -0.2) is 4.68 Å². The Bertz CT molecular complexity index is 634. The van der Waals surface area contributed by atoms with E-state index in [0.29, 0.717) is 18.8 Å². The van der Waals surface area contributed by atoms with Crippen molar-refractivity contribution in [1.29, 1.82) is 0 Å². The number of nitrogens with zero attached hydrogens (tertiary/aromatic N) is 4. The van der Waals surface area contributed by atoms with Crippen molar-refractivity contribution in [1.82, 2.24) is 25.2 Å². The van der Waals surface area contributed by atoms with Gasteiger partial charge >= 0.3 is 0 Å². The Morgan fingerprint density at radius 2 is 1.92 bits per heavy atom. The molecule has 24 heavy (non-hydrogen) atoms. The molecule has 0 unspecified atom stereocenters. The van der Waals surface area contributed by atoms with Crippen LogP contribution in [0.15, 0.2) is 36.5 Å². The van der Waals surface area contributed by atoms with Gasteiger partial charge in [-0.2, -0.15) is 0 Å². The average Bonchev–Trinajstić information content (AvgIpc) is 3.09. The molecule has 0 spiro atoms. The lowest BCUT2D eigenvalue weighted by Crippen LogP contribution is -2.33. The average molecular weight is 327 g/mol. The van der Waals surface area contributed by atoms with E-state index in [4.69, 9.17) is 0 Å². The summed E-state index contributed by atoms with van der Waals surface area (Å²) in [7, 11) is 0. The lowest BCUT2D eigenvalue weighted by atomic mass is 10.1. The summed E-state index contributed by atoms with van der Waals surface area (Å²) in [5.41, 5.74) is 1.51. The number of carbonyl (C=O) groups excluding carboxylic acids is 1. The van der Waals surface area contributed by atoms with Crippen LogP contribution in [0.25, 0.3) is 0 Å². The first-order chi connectivity index (χ1) is 11.8. The third-order valence-electron chi connectivity index (χ3n) is 4.34. The molecule has 0 aliphatic carbocycles. The van der Waals surface area contributed by atoms with E-state index in [1.165, 1.54) is 32.4 Å². The normalized spacial score (nSPS) is 15.3. The standard InChI is InChI=1S/C18H25N5O/c24-18(19-10-7-13-22-11-5-2-6-12-22)17-15-23(21-20-17)14-16-8-3-1-4-9-16/h1,3-4,8-9,15H,2,5-7,10-14H2,(H,19,24). The highest BCUT2D eigenvalue weighted by atomic mass is 16.2. The largest absolute Gasteiger partial charge is 0.351 e. The molecule has 1 aliphatic rings. The minimum absolute atomic E-state index is 0.145. The van der Waals surface area contributed by atoms with E-state index in [1.54, 1.807) is 10.9 Å². The summed E-state index contributed by atoms with van der Waals surface area (Å²) >= 11 is 0. The molecule has 1 N–H and O–H groups in total. The fourth-order valence-electron chi connectivity index (χ4n) is 3.03. The minimum atomic E-state index is -0.145. The molecule has 2 aromatic rings. The van der Waals surface area contributed by atoms with Crippen LogP contribution in [-0.4, -0.2) is 52.0 Å². The molecule has 128 valence electrons. The van der Waals surface area contributed by atoms with Gasteiger partial charge in [0.1, 0.15) is 0 Å². The first kappa shape index (κ1) is 16.6. The molecular formula is C18H25N5O. The summed E-state index contributed by atoms with van der Waals surface area (Å²) in [6.45, 7) is 4.75. The second-order valence-electron chi connectivity index (χ2n) is 6.30. The van der Waals surface area contributed by atoms with E-state index in [9.17, 15) is 4.79 Å². The highest BCUT2D eigenvalue weighted by Crippen LogP contribution is 2.08. The number of hydrogen-bond donors (Lipinski definition) is 1. The second kappa shape index (κ2) is 8.59. The van der Waals surface area contributed by atoms with Crippen LogP contribution in [0.1, 0.15) is 41.7 Å². The quantitative estimate of drug-likeness (QED) is 0.789. The summed E-state index contributed by atoms with van der Waals surface area (Å²) in [6, 6.07) is 10.0. The molecule has 1 aromatic carbocycles. The van der Waals surface area contributed by atoms with Crippen molar-refractivity contribution in [3.63, 3.8) is 0 Å². The zero-order valence-corrected chi connectivity index (χ0v) is 14.0. The molecule has 0 saturated carbocycles. The molecule has 2 heterocycles. The minimum Gasteiger partial charge on any atom is -0.351 e. The van der Waals surface area contributed by atoms with Crippen molar-refractivity contribution in [2.45, 2.75) is 32.2 Å². The maximum atomic E-state index is 12.1. The number of amides is 1. The molecule has 1 amide bonds. The number of rotatable bonds is 7. The molecule has 0 bridgehead atoms. The van der Waals surface area contributed by atoms with Gasteiger partial charge in [-0.05, 0) is 44.5 Å². The fourth-order valence-corrected chi connectivity index (χ4v) is 3.03. The van der Waals surface area contributed by atoms with Gasteiger partial charge in [0.15, 0.2) is 5.69 Å². The highest BCUT2D eigenvalue weighted by molar-refractivity contribution is 5.91. The smallest absolute Gasteiger partial charge is 0.273 e. The number of aromatic nitrogens is 3. The van der Waals surface area contributed by atoms with Crippen LogP contribution < -0.4 is 5.32 Å². The van der Waals surface area contributed by atoms with Crippen LogP contribution in [0.2, 0.25) is 0 Å². The van der Waals surface area contributed by atoms with Crippen molar-refractivity contribution in [2.75, 3.05) is 26.2 Å². The van der Waals surface area contributed by atoms with Crippen molar-refractivity contribution >= 4 is 5.91 Å². The highest BCUT2D eigenvalue weighted by Gasteiger charge is 2.12. The number of piperidine rings is 1. The van der Waals surface area contributed by atoms with E-state index in [2.05, 4.69) is 20.5 Å². The molecular weight excluding hydrogens is 302 g/mol. The van der Waals surface area contributed by atoms with Gasteiger partial charge in [0.25, 0.3) is 5.91 Å². The number of carbonyl (C=O) groups is 1. The molecule has 0 radical (unpaired) electrons. The van der Waals surface area contributed by atoms with Crippen LogP contribution in [0.3, 0.4) is 0 Å². The number of benzene rings is 1. The van der Waals surface area contributed by atoms with Gasteiger partial charge in [-0.15, -0.1) is 5.10 Å². The van der Waals surface area contributed by atoms with Crippen molar-refractivity contribution in [2.24, 2.45) is 0 Å². The summed E-state index contributed by atoms with van der Waals surface area (Å²) in [6.07, 6.45) is 6.64. The van der Waals surface area contributed by atoms with Crippen LogP contribution in [-0.2, 0) is 6.54 Å². The zero-order valence-electron chi connectivity index (χ0n) is 14.0. The van der Waals surface area contributed by atoms with E-state index >= 15 is 0 Å². The molecule has 6 heteroatoms. The fraction of sp³-hybridized carbons (Fsp3) is 0.500. The Labute approximate surface area is 142 Å². The molecule has 1 fully saturated rings. The first-order valence-corrected chi connectivity index (χ1v) is 8.76. The Kier molecular flexibility index (Phi) is 5.96. The monoisotopic (exact) mass is 327 g/mol. The van der Waals surface area contributed by atoms with Gasteiger partial charge in [-0.1, -0.05) is 42.0 Å². The number of likely N-dealkylation sites (tertiary alicyclic amines) is 1. The van der Waals surface area contributed by atoms with E-state index in [0.717, 1.165) is 18.5 Å². The maximum absolute atomic E-state index is 12.1. The van der Waals surface area contributed by atoms with Crippen LogP contribution >= 0.6 is 0 Å². The topological polar surface area (TPSA) is 63.1 Å². The van der Waals surface area contributed by atoms with E-state index in [1.807, 2.05) is 30.3 Å². The van der Waals surface area contributed by atoms with Gasteiger partial charge in [0, 0.05) is 6.54 Å². The first-order valence-electron chi connectivity index (χ1n) is 8.76. The van der Waals surface area contributed by atoms with Crippen LogP contribution in [0, 0.1) is 0 Å². The SMILES string of the molecule is O=C(NCCCN1CCCCC1)c1cn(Cc2ccccc2)nn1. The number of hydrogen-bond acceptors (Lipinski definition) is 4. The predicted octanol–water partition coefficient (Wildman–Crippen LogP) is 1.93. The Hall–Kier alpha value is -2.21. The van der Waals surface area contributed by atoms with E-state index in [-0.39, 0.29) is 5.91 Å². The predicted molar refractivity (Wildman–Crippen MR) is 92.8 cm³/mol. The zero-order chi connectivity index (χ0) is 16.6. The van der Waals surface area contributed by atoms with Gasteiger partial charge in [0.05, 0.1) is 12.7 Å². The van der Waals surface area contributed by atoms with Crippen molar-refractivity contribution in [3.8, 4) is 0 Å². The van der Waals surface area contributed by atoms with E-state index < -0.39 is 0 Å². The summed E-state index contributed by atoms with van der Waals surface area (Å²) in [5.74, 6) is -0.145. The summed E-state index contributed by atoms with van der Waals surface area (Å²) in [4.78, 5) is 14.6. The molecule has 1 aliphatic heterocycles. The Balaban J connectivity index is 1.40. The Morgan fingerprint density at radius 3 is 2.71 bits per heavy atom. The third kappa shape index (κ3) is 4.89. The number of nitrogens with one attached hydrogen (secondary N) is 1. The van der Waals surface area contributed by atoms with Gasteiger partial charge < -0.3 is 10.2 Å². The van der Waals surface area contributed by atoms with Crippen molar-refractivity contribution in [3.05, 3.63) is 47.8 Å². The summed E-state index contributed by atoms with van der Waals surface area (Å²) in [5, 5.41) is 10.9. The second-order valence-corrected chi connectivity index (χ2v) is 6.30. The lowest BCUT2D eigenvalue weighted by Gasteiger charge is -2.26. The molecule has 1 aromatic heterocycles. The molecule has 6 nitrogen and oxygen atoms in total. The Morgan fingerprint density at radius 1 is 1.12 bits per heavy atom. The third-order valence-corrected chi connectivity index (χ3v) is 4.34. The molecule has 0 atom stereocenters. The van der Waals surface area contributed by atoms with Gasteiger partial charge in [-0.3, -0.25) is 4.79 Å². The lowest BCUT2D eigenvalue weighted by molar-refractivity contribution is 0.0946. The van der Waals surface area contributed by atoms with Crippen LogP contribution in [0.5, 0.6) is 0 Å². The molecule has 1 saturated heterocycles. The molecule has 3 rings (SSSR count). The summed E-state index contributed by atoms with van der Waals surface area (Å²) < 4.78 is 1.69. The van der Waals surface area contributed by atoms with Crippen LogP contribution in [0.4, 0.5) is 0 Å². The van der Waals surface area contributed by atoms with Crippen molar-refractivity contribution < 1.29 is 4.79 Å². The van der Waals surface area contributed by atoms with Gasteiger partial charge in [0.2, 0.25) is 0 Å².